The fourth-order valence-corrected chi connectivity index (χ4v) is 6.07. The second-order valence-corrected chi connectivity index (χ2v) is 11.6. The lowest BCUT2D eigenvalue weighted by Gasteiger charge is -2.35. The molecule has 1 aliphatic rings. The van der Waals surface area contributed by atoms with Crippen molar-refractivity contribution in [3.63, 3.8) is 0 Å². The van der Waals surface area contributed by atoms with E-state index in [1.807, 2.05) is 20.8 Å². The van der Waals surface area contributed by atoms with Crippen LogP contribution in [0.2, 0.25) is 0 Å². The second-order valence-electron chi connectivity index (χ2n) is 9.81. The molecule has 1 amide bonds. The van der Waals surface area contributed by atoms with Gasteiger partial charge in [0.25, 0.3) is 21.5 Å². The van der Waals surface area contributed by atoms with E-state index < -0.39 is 21.7 Å². The zero-order valence-electron chi connectivity index (χ0n) is 21.6. The molecule has 0 radical (unpaired) electrons. The van der Waals surface area contributed by atoms with E-state index in [-0.39, 0.29) is 22.2 Å². The molecule has 0 N–H and O–H groups in total. The summed E-state index contributed by atoms with van der Waals surface area (Å²) in [6, 6.07) is 13.3. The van der Waals surface area contributed by atoms with Gasteiger partial charge in [-0.3, -0.25) is 9.59 Å². The highest BCUT2D eigenvalue weighted by Gasteiger charge is 2.37. The molecule has 0 aliphatic carbocycles. The molecule has 1 aliphatic heterocycles. The molecule has 0 spiro atoms. The minimum atomic E-state index is -4.08. The monoisotopic (exact) mass is 530 g/mol. The third kappa shape index (κ3) is 3.78. The van der Waals surface area contributed by atoms with Crippen LogP contribution in [0.5, 0.6) is 5.75 Å². The first-order valence-corrected chi connectivity index (χ1v) is 13.5. The van der Waals surface area contributed by atoms with Gasteiger partial charge in [0.05, 0.1) is 22.2 Å². The number of benzene rings is 2. The van der Waals surface area contributed by atoms with Crippen molar-refractivity contribution in [3.8, 4) is 22.9 Å². The third-order valence-electron chi connectivity index (χ3n) is 6.84. The molecule has 2 aromatic carbocycles. The summed E-state index contributed by atoms with van der Waals surface area (Å²) in [5, 5.41) is 10.1. The fourth-order valence-electron chi connectivity index (χ4n) is 4.73. The van der Waals surface area contributed by atoms with Gasteiger partial charge in [-0.2, -0.15) is 5.26 Å². The Balaban J connectivity index is 1.82. The summed E-state index contributed by atoms with van der Waals surface area (Å²) in [7, 11) is -0.910. The van der Waals surface area contributed by atoms with Gasteiger partial charge in [0.2, 0.25) is 0 Å². The zero-order chi connectivity index (χ0) is 27.5. The van der Waals surface area contributed by atoms with E-state index >= 15 is 0 Å². The summed E-state index contributed by atoms with van der Waals surface area (Å²) >= 11 is 0. The maximum atomic E-state index is 13.6. The number of carbonyl (C=O) groups excluding carboxylic acids is 1. The number of amides is 1. The third-order valence-corrected chi connectivity index (χ3v) is 8.53. The number of hydrogen-bond donors (Lipinski definition) is 0. The average molecular weight is 531 g/mol. The maximum absolute atomic E-state index is 13.6. The Kier molecular flexibility index (Phi) is 5.92. The molecule has 5 rings (SSSR count). The molecule has 38 heavy (non-hydrogen) atoms. The van der Waals surface area contributed by atoms with Crippen LogP contribution in [0.15, 0.2) is 64.5 Å². The highest BCUT2D eigenvalue weighted by atomic mass is 32.2. The minimum Gasteiger partial charge on any atom is -0.477 e. The predicted octanol–water partition coefficient (Wildman–Crippen LogP) is 3.80. The van der Waals surface area contributed by atoms with E-state index in [4.69, 9.17) is 4.74 Å². The summed E-state index contributed by atoms with van der Waals surface area (Å²) in [4.78, 5) is 27.8. The molecule has 194 valence electrons. The van der Waals surface area contributed by atoms with Crippen LogP contribution in [0.3, 0.4) is 0 Å². The lowest BCUT2D eigenvalue weighted by Crippen LogP contribution is -2.46. The highest BCUT2D eigenvalue weighted by molar-refractivity contribution is 7.90. The van der Waals surface area contributed by atoms with Gasteiger partial charge in [0.15, 0.2) is 11.9 Å². The molecule has 1 unspecified atom stereocenters. The number of nitriles is 1. The van der Waals surface area contributed by atoms with Gasteiger partial charge in [-0.05, 0) is 43.2 Å². The number of hydrogen-bond acceptors (Lipinski definition) is 6. The minimum absolute atomic E-state index is 0.0256. The SMILES string of the molecule is Cc1ccc(S(=O)(=O)n2ccc3c(-c4cc(C#N)cc5c4OC(C(C)C)C(=O)N5C)cn(C)c(=O)c32)cc1. The van der Waals surface area contributed by atoms with E-state index in [1.54, 1.807) is 43.6 Å². The first-order chi connectivity index (χ1) is 17.9. The summed E-state index contributed by atoms with van der Waals surface area (Å²) in [6.07, 6.45) is 2.21. The van der Waals surface area contributed by atoms with Gasteiger partial charge in [-0.15, -0.1) is 0 Å². The van der Waals surface area contributed by atoms with Crippen molar-refractivity contribution in [1.82, 2.24) is 8.54 Å². The Morgan fingerprint density at radius 2 is 1.71 bits per heavy atom. The first kappa shape index (κ1) is 25.3. The maximum Gasteiger partial charge on any atom is 0.275 e. The van der Waals surface area contributed by atoms with Crippen LogP contribution in [0.1, 0.15) is 25.0 Å². The van der Waals surface area contributed by atoms with Crippen molar-refractivity contribution in [1.29, 1.82) is 5.26 Å². The van der Waals surface area contributed by atoms with Crippen LogP contribution in [-0.4, -0.2) is 36.0 Å². The largest absolute Gasteiger partial charge is 0.477 e. The molecule has 2 aromatic heterocycles. The van der Waals surface area contributed by atoms with E-state index in [9.17, 15) is 23.3 Å². The van der Waals surface area contributed by atoms with Crippen molar-refractivity contribution in [3.05, 3.63) is 76.3 Å². The summed E-state index contributed by atoms with van der Waals surface area (Å²) in [6.45, 7) is 5.62. The summed E-state index contributed by atoms with van der Waals surface area (Å²) in [5.41, 5.74) is 2.08. The number of ether oxygens (including phenoxy) is 1. The Morgan fingerprint density at radius 3 is 2.34 bits per heavy atom. The molecule has 4 aromatic rings. The molecule has 0 saturated heterocycles. The van der Waals surface area contributed by atoms with E-state index in [1.165, 1.54) is 34.8 Å². The lowest BCUT2D eigenvalue weighted by molar-refractivity contribution is -0.127. The standard InChI is InChI=1S/C28H26N4O5S/c1-16(2)25-28(34)31(5)23-13-18(14-29)12-21(26(23)37-25)22-15-30(4)27(33)24-20(22)10-11-32(24)38(35,36)19-8-6-17(3)7-9-19/h6-13,15-16,25H,1-5H3. The molecule has 3 heterocycles. The number of rotatable bonds is 4. The second kappa shape index (κ2) is 8.89. The van der Waals surface area contributed by atoms with Crippen molar-refractivity contribution < 1.29 is 17.9 Å². The van der Waals surface area contributed by atoms with Crippen molar-refractivity contribution >= 4 is 32.5 Å². The molecular weight excluding hydrogens is 504 g/mol. The smallest absolute Gasteiger partial charge is 0.275 e. The number of fused-ring (bicyclic) bond motifs is 2. The zero-order valence-corrected chi connectivity index (χ0v) is 22.4. The Hall–Kier alpha value is -4.36. The van der Waals surface area contributed by atoms with Crippen molar-refractivity contribution in [2.75, 3.05) is 11.9 Å². The first-order valence-electron chi connectivity index (χ1n) is 12.0. The number of likely N-dealkylation sites (N-methyl/N-ethyl adjacent to an activating group) is 1. The fraction of sp³-hybridized carbons (Fsp3) is 0.250. The number of pyridine rings is 1. The lowest BCUT2D eigenvalue weighted by atomic mass is 9.96. The van der Waals surface area contributed by atoms with Gasteiger partial charge in [0.1, 0.15) is 5.52 Å². The van der Waals surface area contributed by atoms with Gasteiger partial charge in [-0.25, -0.2) is 12.4 Å². The molecule has 0 bridgehead atoms. The van der Waals surface area contributed by atoms with Crippen LogP contribution in [0.4, 0.5) is 5.69 Å². The normalized spacial score (nSPS) is 15.4. The number of nitrogens with zero attached hydrogens (tertiary/aromatic N) is 4. The number of aromatic nitrogens is 2. The molecule has 0 fully saturated rings. The summed E-state index contributed by atoms with van der Waals surface area (Å²) < 4.78 is 35.7. The number of anilines is 1. The van der Waals surface area contributed by atoms with Gasteiger partial charge in [0, 0.05) is 43.0 Å². The van der Waals surface area contributed by atoms with Gasteiger partial charge < -0.3 is 14.2 Å². The topological polar surface area (TPSA) is 114 Å². The molecular formula is C28H26N4O5S. The van der Waals surface area contributed by atoms with Crippen LogP contribution >= 0.6 is 0 Å². The van der Waals surface area contributed by atoms with Crippen LogP contribution in [0.25, 0.3) is 22.0 Å². The van der Waals surface area contributed by atoms with E-state index in [2.05, 4.69) is 6.07 Å². The highest BCUT2D eigenvalue weighted by Crippen LogP contribution is 2.45. The van der Waals surface area contributed by atoms with E-state index in [0.717, 1.165) is 9.54 Å². The average Bonchev–Trinajstić information content (AvgIpc) is 3.34. The number of carbonyl (C=O) groups is 1. The van der Waals surface area contributed by atoms with E-state index in [0.29, 0.717) is 33.5 Å². The Bertz CT molecular complexity index is 1830. The predicted molar refractivity (Wildman–Crippen MR) is 144 cm³/mol. The van der Waals surface area contributed by atoms with Crippen molar-refractivity contribution in [2.24, 2.45) is 13.0 Å². The van der Waals surface area contributed by atoms with Crippen LogP contribution in [-0.2, 0) is 21.9 Å². The van der Waals surface area contributed by atoms with Gasteiger partial charge >= 0.3 is 0 Å². The molecule has 9 nitrogen and oxygen atoms in total. The molecule has 0 saturated carbocycles. The Labute approximate surface area is 220 Å². The number of aryl methyl sites for hydroxylation is 2. The summed E-state index contributed by atoms with van der Waals surface area (Å²) in [5.74, 6) is 0.0378. The van der Waals surface area contributed by atoms with Gasteiger partial charge in [-0.1, -0.05) is 31.5 Å². The van der Waals surface area contributed by atoms with Crippen LogP contribution < -0.4 is 15.2 Å². The van der Waals surface area contributed by atoms with Crippen LogP contribution in [0, 0.1) is 24.2 Å². The molecule has 10 heteroatoms. The Morgan fingerprint density at radius 1 is 1.03 bits per heavy atom. The quantitative estimate of drug-likeness (QED) is 0.396. The molecule has 1 atom stereocenters. The van der Waals surface area contributed by atoms with Crippen molar-refractivity contribution in [2.45, 2.75) is 31.8 Å².